The molecule has 0 aromatic carbocycles. The van der Waals surface area contributed by atoms with Crippen molar-refractivity contribution in [3.63, 3.8) is 0 Å². The Kier molecular flexibility index (Phi) is 13.8. The van der Waals surface area contributed by atoms with Crippen LogP contribution < -0.4 is 4.74 Å². The van der Waals surface area contributed by atoms with Gasteiger partial charge in [-0.25, -0.2) is 19.4 Å². The summed E-state index contributed by atoms with van der Waals surface area (Å²) in [5.41, 5.74) is 1.06. The maximum atomic E-state index is 10.6. The van der Waals surface area contributed by atoms with E-state index in [1.54, 1.807) is 6.20 Å². The third-order valence-electron chi connectivity index (χ3n) is 5.24. The third-order valence-corrected chi connectivity index (χ3v) is 5.24. The van der Waals surface area contributed by atoms with E-state index in [0.29, 0.717) is 5.88 Å². The second-order valence-electron chi connectivity index (χ2n) is 8.81. The van der Waals surface area contributed by atoms with Gasteiger partial charge in [0.1, 0.15) is 6.10 Å². The van der Waals surface area contributed by atoms with Gasteiger partial charge in [-0.1, -0.05) is 12.1 Å². The fourth-order valence-electron chi connectivity index (χ4n) is 3.49. The zero-order valence-electron chi connectivity index (χ0n) is 22.1. The first-order valence-corrected chi connectivity index (χ1v) is 11.9. The van der Waals surface area contributed by atoms with Crippen LogP contribution in [0.4, 0.5) is 39.5 Å². The Labute approximate surface area is 241 Å². The molecule has 2 fully saturated rings. The smallest absolute Gasteiger partial charge is 0.475 e. The molecule has 1 spiro atoms. The molecule has 1 unspecified atom stereocenters. The molecule has 0 radical (unpaired) electrons. The molecular formula is C24H24F9N3O8. The van der Waals surface area contributed by atoms with Gasteiger partial charge in [0.25, 0.3) is 0 Å². The molecule has 0 bridgehead atoms. The Morgan fingerprint density at radius 2 is 1.27 bits per heavy atom. The number of ether oxygens (including phenoxy) is 2. The molecule has 2 aliphatic heterocycles. The van der Waals surface area contributed by atoms with Gasteiger partial charge in [0.2, 0.25) is 5.88 Å². The Balaban J connectivity index is 0.000000379. The molecule has 1 atom stereocenters. The molecular weight excluding hydrogens is 629 g/mol. The second-order valence-corrected chi connectivity index (χ2v) is 8.81. The Morgan fingerprint density at radius 3 is 1.66 bits per heavy atom. The van der Waals surface area contributed by atoms with Crippen molar-refractivity contribution in [1.82, 2.24) is 14.9 Å². The molecule has 0 amide bonds. The number of hydrogen-bond donors (Lipinski definition) is 3. The van der Waals surface area contributed by atoms with Crippen LogP contribution in [0.5, 0.6) is 5.88 Å². The average molecular weight is 653 g/mol. The van der Waals surface area contributed by atoms with Crippen molar-refractivity contribution in [2.45, 2.75) is 49.6 Å². The fraction of sp³-hybridized carbons (Fsp3) is 0.458. The lowest BCUT2D eigenvalue weighted by atomic mass is 9.84. The van der Waals surface area contributed by atoms with Crippen molar-refractivity contribution in [1.29, 1.82) is 0 Å². The third kappa shape index (κ3) is 14.3. The summed E-state index contributed by atoms with van der Waals surface area (Å²) in [5, 5.41) is 21.4. The molecule has 4 heterocycles. The summed E-state index contributed by atoms with van der Waals surface area (Å²) in [5.74, 6) is -7.56. The minimum atomic E-state index is -5.08. The molecule has 0 aliphatic carbocycles. The van der Waals surface area contributed by atoms with E-state index >= 15 is 0 Å². The van der Waals surface area contributed by atoms with E-state index in [9.17, 15) is 39.5 Å². The quantitative estimate of drug-likeness (QED) is 0.406. The van der Waals surface area contributed by atoms with Gasteiger partial charge in [0.05, 0.1) is 17.9 Å². The van der Waals surface area contributed by atoms with Crippen LogP contribution in [0.3, 0.4) is 0 Å². The van der Waals surface area contributed by atoms with Crippen LogP contribution in [0.15, 0.2) is 48.8 Å². The van der Waals surface area contributed by atoms with Crippen molar-refractivity contribution in [3.8, 4) is 5.88 Å². The largest absolute Gasteiger partial charge is 0.490 e. The number of alkyl halides is 9. The Bertz CT molecular complexity index is 1130. The highest BCUT2D eigenvalue weighted by atomic mass is 19.4. The van der Waals surface area contributed by atoms with Crippen molar-refractivity contribution < 1.29 is 78.7 Å². The van der Waals surface area contributed by atoms with Crippen LogP contribution in [-0.4, -0.2) is 98.0 Å². The molecule has 20 heteroatoms. The van der Waals surface area contributed by atoms with E-state index in [0.717, 1.165) is 44.8 Å². The van der Waals surface area contributed by atoms with Crippen molar-refractivity contribution in [2.24, 2.45) is 0 Å². The van der Waals surface area contributed by atoms with E-state index < -0.39 is 36.4 Å². The van der Waals surface area contributed by atoms with Crippen molar-refractivity contribution >= 4 is 17.9 Å². The Hall–Kier alpha value is -4.20. The van der Waals surface area contributed by atoms with E-state index in [4.69, 9.17) is 39.2 Å². The van der Waals surface area contributed by atoms with Gasteiger partial charge in [0, 0.05) is 50.9 Å². The van der Waals surface area contributed by atoms with E-state index in [2.05, 4.69) is 20.9 Å². The molecule has 2 aromatic heterocycles. The highest BCUT2D eigenvalue weighted by molar-refractivity contribution is 5.73. The number of aromatic nitrogens is 2. The predicted molar refractivity (Wildman–Crippen MR) is 127 cm³/mol. The van der Waals surface area contributed by atoms with Gasteiger partial charge in [-0.2, -0.15) is 39.5 Å². The molecule has 2 saturated heterocycles. The number of aliphatic carboxylic acids is 3. The molecule has 3 N–H and O–H groups in total. The minimum absolute atomic E-state index is 0.0491. The van der Waals surface area contributed by atoms with Crippen LogP contribution in [0.2, 0.25) is 0 Å². The minimum Gasteiger partial charge on any atom is -0.475 e. The number of likely N-dealkylation sites (tertiary alicyclic amines) is 1. The molecule has 2 aromatic rings. The first kappa shape index (κ1) is 37.8. The lowest BCUT2D eigenvalue weighted by molar-refractivity contribution is -0.193. The summed E-state index contributed by atoms with van der Waals surface area (Å²) in [4.78, 5) is 37.7. The van der Waals surface area contributed by atoms with E-state index in [-0.39, 0.29) is 11.7 Å². The van der Waals surface area contributed by atoms with Crippen LogP contribution in [0.1, 0.15) is 18.5 Å². The molecule has 246 valence electrons. The zero-order chi connectivity index (χ0) is 33.8. The zero-order valence-corrected chi connectivity index (χ0v) is 22.1. The number of halogens is 9. The summed E-state index contributed by atoms with van der Waals surface area (Å²) < 4.78 is 107. The van der Waals surface area contributed by atoms with E-state index in [1.807, 2.05) is 36.5 Å². The lowest BCUT2D eigenvalue weighted by Crippen LogP contribution is -2.65. The molecule has 44 heavy (non-hydrogen) atoms. The number of carboxylic acid groups (broad SMARTS) is 3. The monoisotopic (exact) mass is 653 g/mol. The summed E-state index contributed by atoms with van der Waals surface area (Å²) in [7, 11) is 0. The normalized spacial score (nSPS) is 17.6. The van der Waals surface area contributed by atoms with Crippen molar-refractivity contribution in [3.05, 3.63) is 54.5 Å². The van der Waals surface area contributed by atoms with E-state index in [1.165, 1.54) is 0 Å². The highest BCUT2D eigenvalue weighted by Gasteiger charge is 2.48. The standard InChI is InChI=1S/C18H21N3O2.3C2HF3O2/c1-3-8-19-15(5-1)12-21-13-18(14-21)11-16(7-10-22-18)23-17-6-2-4-9-20-17;3*3-2(4,5)1(6)7/h1-6,8-9,16H,7,10-14H2;3*(H,6,7). The van der Waals surface area contributed by atoms with Crippen LogP contribution in [0.25, 0.3) is 0 Å². The summed E-state index contributed by atoms with van der Waals surface area (Å²) in [6.45, 7) is 3.55. The summed E-state index contributed by atoms with van der Waals surface area (Å²) in [6.07, 6.45) is -9.59. The van der Waals surface area contributed by atoms with Crippen LogP contribution in [-0.2, 0) is 25.7 Å². The number of carbonyl (C=O) groups is 3. The first-order chi connectivity index (χ1) is 20.1. The number of rotatable bonds is 4. The summed E-state index contributed by atoms with van der Waals surface area (Å²) in [6, 6.07) is 11.8. The lowest BCUT2D eigenvalue weighted by Gasteiger charge is -2.52. The molecule has 0 saturated carbocycles. The predicted octanol–water partition coefficient (Wildman–Crippen LogP) is 4.19. The van der Waals surface area contributed by atoms with Crippen LogP contribution >= 0.6 is 0 Å². The molecule has 11 nitrogen and oxygen atoms in total. The second kappa shape index (κ2) is 16.0. The van der Waals surface area contributed by atoms with Gasteiger partial charge in [0.15, 0.2) is 0 Å². The van der Waals surface area contributed by atoms with Gasteiger partial charge >= 0.3 is 36.4 Å². The van der Waals surface area contributed by atoms with Gasteiger partial charge in [-0.15, -0.1) is 0 Å². The maximum Gasteiger partial charge on any atom is 0.490 e. The summed E-state index contributed by atoms with van der Waals surface area (Å²) >= 11 is 0. The average Bonchev–Trinajstić information content (AvgIpc) is 2.89. The topological polar surface area (TPSA) is 159 Å². The van der Waals surface area contributed by atoms with Crippen LogP contribution in [0, 0.1) is 0 Å². The van der Waals surface area contributed by atoms with Gasteiger partial charge < -0.3 is 24.8 Å². The fourth-order valence-corrected chi connectivity index (χ4v) is 3.49. The maximum absolute atomic E-state index is 10.6. The van der Waals surface area contributed by atoms with Gasteiger partial charge in [-0.3, -0.25) is 9.88 Å². The number of pyridine rings is 2. The number of nitrogens with zero attached hydrogens (tertiary/aromatic N) is 3. The highest BCUT2D eigenvalue weighted by Crippen LogP contribution is 2.36. The first-order valence-electron chi connectivity index (χ1n) is 11.9. The SMILES string of the molecule is O=C(O)C(F)(F)F.O=C(O)C(F)(F)F.O=C(O)C(F)(F)F.c1ccc(CN2CC3(CC(Oc4ccccn4)CCO3)C2)nc1. The van der Waals surface area contributed by atoms with Gasteiger partial charge in [-0.05, 0) is 18.2 Å². The Morgan fingerprint density at radius 1 is 0.818 bits per heavy atom. The molecule has 2 aliphatic rings. The number of carboxylic acids is 3. The number of hydrogen-bond acceptors (Lipinski definition) is 8. The molecule has 4 rings (SSSR count). The van der Waals surface area contributed by atoms with Crippen molar-refractivity contribution in [2.75, 3.05) is 19.7 Å².